The maximum absolute atomic E-state index is 12.6. The van der Waals surface area contributed by atoms with Gasteiger partial charge in [-0.15, -0.1) is 0 Å². The van der Waals surface area contributed by atoms with Gasteiger partial charge in [0.05, 0.1) is 6.61 Å². The minimum atomic E-state index is -1.69. The average Bonchev–Trinajstić information content (AvgIpc) is 2.77. The van der Waals surface area contributed by atoms with Gasteiger partial charge in [0.2, 0.25) is 17.5 Å². The van der Waals surface area contributed by atoms with Crippen LogP contribution in [-0.4, -0.2) is 73.1 Å². The van der Waals surface area contributed by atoms with Crippen molar-refractivity contribution in [2.24, 2.45) is 0 Å². The average molecular weight is 448 g/mol. The molecule has 0 spiro atoms. The van der Waals surface area contributed by atoms with Crippen LogP contribution in [0, 0.1) is 0 Å². The molecule has 2 aromatic carbocycles. The van der Waals surface area contributed by atoms with Crippen LogP contribution in [0.1, 0.15) is 0 Å². The van der Waals surface area contributed by atoms with Crippen molar-refractivity contribution in [3.8, 4) is 34.3 Å². The van der Waals surface area contributed by atoms with Gasteiger partial charge in [0.25, 0.3) is 0 Å². The van der Waals surface area contributed by atoms with E-state index < -0.39 is 54.2 Å². The molecule has 5 atom stereocenters. The van der Waals surface area contributed by atoms with E-state index in [9.17, 15) is 40.5 Å². The number of benzene rings is 2. The molecule has 170 valence electrons. The third-order valence-corrected chi connectivity index (χ3v) is 5.15. The molecule has 3 aromatic rings. The molecule has 1 aromatic heterocycles. The molecule has 11 nitrogen and oxygen atoms in total. The van der Waals surface area contributed by atoms with E-state index in [-0.39, 0.29) is 33.8 Å². The molecule has 1 aliphatic heterocycles. The smallest absolute Gasteiger partial charge is 0.238 e. The van der Waals surface area contributed by atoms with Gasteiger partial charge in [-0.05, 0) is 24.3 Å². The van der Waals surface area contributed by atoms with Crippen LogP contribution in [0.2, 0.25) is 0 Å². The van der Waals surface area contributed by atoms with Gasteiger partial charge in [-0.2, -0.15) is 0 Å². The standard InChI is InChI=1S/C21H20O11/c22-7-13-15(25)17(27)19(29)21(32-13)30-10-5-11(24)14-12(6-10)31-20(18(28)16(14)26)8-1-3-9(23)4-2-8/h1-6,13,15,17,19,21-25,27-29H,7H2/t13?,15-,17-,19?,21+/m0/s1. The van der Waals surface area contributed by atoms with E-state index in [2.05, 4.69) is 0 Å². The predicted octanol–water partition coefficient (Wildman–Crippen LogP) is -0.245. The van der Waals surface area contributed by atoms with Gasteiger partial charge in [0.15, 0.2) is 5.76 Å². The van der Waals surface area contributed by atoms with Gasteiger partial charge in [-0.1, -0.05) is 0 Å². The van der Waals surface area contributed by atoms with Crippen LogP contribution in [0.15, 0.2) is 45.6 Å². The number of fused-ring (bicyclic) bond motifs is 1. The van der Waals surface area contributed by atoms with Gasteiger partial charge >= 0.3 is 0 Å². The summed E-state index contributed by atoms with van der Waals surface area (Å²) in [4.78, 5) is 12.6. The highest BCUT2D eigenvalue weighted by Crippen LogP contribution is 2.36. The third-order valence-electron chi connectivity index (χ3n) is 5.15. The van der Waals surface area contributed by atoms with E-state index in [1.807, 2.05) is 0 Å². The Kier molecular flexibility index (Phi) is 5.67. The van der Waals surface area contributed by atoms with Crippen molar-refractivity contribution in [1.29, 1.82) is 0 Å². The Morgan fingerprint density at radius 1 is 0.938 bits per heavy atom. The SMILES string of the molecule is O=c1c(O)c(-c2ccc(O)cc2)oc2cc(O[C@@H]3OC(CO)[C@H](O)[C@H](O)C3O)cc(O)c12. The molecule has 0 saturated carbocycles. The maximum Gasteiger partial charge on any atom is 0.238 e. The fourth-order valence-corrected chi connectivity index (χ4v) is 3.44. The summed E-state index contributed by atoms with van der Waals surface area (Å²) in [7, 11) is 0. The molecule has 2 unspecified atom stereocenters. The summed E-state index contributed by atoms with van der Waals surface area (Å²) in [5.74, 6) is -1.73. The van der Waals surface area contributed by atoms with E-state index in [0.717, 1.165) is 6.07 Å². The molecule has 11 heteroatoms. The van der Waals surface area contributed by atoms with E-state index in [4.69, 9.17) is 13.9 Å². The van der Waals surface area contributed by atoms with Crippen molar-refractivity contribution in [1.82, 2.24) is 0 Å². The number of aliphatic hydroxyl groups is 4. The molecule has 1 fully saturated rings. The molecule has 7 N–H and O–H groups in total. The summed E-state index contributed by atoms with van der Waals surface area (Å²) in [5, 5.41) is 68.9. The molecule has 1 saturated heterocycles. The first-order chi connectivity index (χ1) is 15.2. The third kappa shape index (κ3) is 3.72. The number of phenolic OH excluding ortho intramolecular Hbond substituents is 2. The van der Waals surface area contributed by atoms with Crippen LogP contribution in [0.25, 0.3) is 22.3 Å². The molecule has 0 bridgehead atoms. The second kappa shape index (κ2) is 8.30. The second-order valence-electron chi connectivity index (χ2n) is 7.29. The Balaban J connectivity index is 1.75. The van der Waals surface area contributed by atoms with Crippen molar-refractivity contribution < 1.29 is 49.6 Å². The lowest BCUT2D eigenvalue weighted by atomic mass is 9.99. The van der Waals surface area contributed by atoms with Crippen molar-refractivity contribution in [3.05, 3.63) is 46.6 Å². The molecular weight excluding hydrogens is 428 g/mol. The fraction of sp³-hybridized carbons (Fsp3) is 0.286. The minimum absolute atomic E-state index is 0.0377. The van der Waals surface area contributed by atoms with Crippen LogP contribution in [0.4, 0.5) is 0 Å². The van der Waals surface area contributed by atoms with Crippen LogP contribution in [0.5, 0.6) is 23.0 Å². The first-order valence-electron chi connectivity index (χ1n) is 9.50. The summed E-state index contributed by atoms with van der Waals surface area (Å²) >= 11 is 0. The van der Waals surface area contributed by atoms with Crippen molar-refractivity contribution in [2.45, 2.75) is 30.7 Å². The molecule has 0 radical (unpaired) electrons. The Morgan fingerprint density at radius 3 is 2.28 bits per heavy atom. The normalized spacial score (nSPS) is 25.7. The summed E-state index contributed by atoms with van der Waals surface area (Å²) in [6.45, 7) is -0.655. The number of hydrogen-bond donors (Lipinski definition) is 7. The number of rotatable bonds is 4. The topological polar surface area (TPSA) is 190 Å². The maximum atomic E-state index is 12.6. The Labute approximate surface area is 179 Å². The monoisotopic (exact) mass is 448 g/mol. The van der Waals surface area contributed by atoms with E-state index in [0.29, 0.717) is 0 Å². The van der Waals surface area contributed by atoms with Gasteiger partial charge in [-0.25, -0.2) is 0 Å². The highest BCUT2D eigenvalue weighted by Gasteiger charge is 2.44. The Morgan fingerprint density at radius 2 is 1.62 bits per heavy atom. The predicted molar refractivity (Wildman–Crippen MR) is 107 cm³/mol. The van der Waals surface area contributed by atoms with Crippen molar-refractivity contribution >= 4 is 11.0 Å². The lowest BCUT2D eigenvalue weighted by molar-refractivity contribution is -0.277. The molecule has 1 aliphatic rings. The van der Waals surface area contributed by atoms with Gasteiger partial charge < -0.3 is 49.6 Å². The van der Waals surface area contributed by atoms with Crippen LogP contribution >= 0.6 is 0 Å². The van der Waals surface area contributed by atoms with Crippen LogP contribution in [0.3, 0.4) is 0 Å². The zero-order chi connectivity index (χ0) is 23.2. The van der Waals surface area contributed by atoms with Crippen LogP contribution in [-0.2, 0) is 4.74 Å². The minimum Gasteiger partial charge on any atom is -0.508 e. The number of ether oxygens (including phenoxy) is 2. The van der Waals surface area contributed by atoms with Gasteiger partial charge in [-0.3, -0.25) is 4.79 Å². The highest BCUT2D eigenvalue weighted by molar-refractivity contribution is 5.88. The number of aromatic hydroxyl groups is 3. The van der Waals surface area contributed by atoms with Crippen molar-refractivity contribution in [3.63, 3.8) is 0 Å². The molecule has 0 aliphatic carbocycles. The second-order valence-corrected chi connectivity index (χ2v) is 7.29. The van der Waals surface area contributed by atoms with E-state index in [1.165, 1.54) is 30.3 Å². The largest absolute Gasteiger partial charge is 0.508 e. The lowest BCUT2D eigenvalue weighted by Gasteiger charge is -2.39. The van der Waals surface area contributed by atoms with E-state index >= 15 is 0 Å². The zero-order valence-electron chi connectivity index (χ0n) is 16.3. The molecule has 2 heterocycles. The van der Waals surface area contributed by atoms with Gasteiger partial charge in [0.1, 0.15) is 52.6 Å². The molecule has 32 heavy (non-hydrogen) atoms. The first kappa shape index (κ1) is 21.9. The van der Waals surface area contributed by atoms with Crippen LogP contribution < -0.4 is 10.2 Å². The Bertz CT molecular complexity index is 1190. The molecular formula is C21H20O11. The Hall–Kier alpha value is -3.35. The summed E-state index contributed by atoms with van der Waals surface area (Å²) in [6, 6.07) is 7.69. The quantitative estimate of drug-likeness (QED) is 0.279. The van der Waals surface area contributed by atoms with E-state index in [1.54, 1.807) is 0 Å². The number of aliphatic hydroxyl groups excluding tert-OH is 4. The zero-order valence-corrected chi connectivity index (χ0v) is 16.3. The summed E-state index contributed by atoms with van der Waals surface area (Å²) in [6.07, 6.45) is -7.67. The van der Waals surface area contributed by atoms with Gasteiger partial charge in [0, 0.05) is 17.7 Å². The molecule has 0 amide bonds. The number of hydrogen-bond acceptors (Lipinski definition) is 11. The number of phenols is 2. The fourth-order valence-electron chi connectivity index (χ4n) is 3.44. The summed E-state index contributed by atoms with van der Waals surface area (Å²) < 4.78 is 16.3. The van der Waals surface area contributed by atoms with Crippen molar-refractivity contribution in [2.75, 3.05) is 6.61 Å². The highest BCUT2D eigenvalue weighted by atomic mass is 16.7. The summed E-state index contributed by atoms with van der Waals surface area (Å²) in [5.41, 5.74) is -0.805. The molecule has 4 rings (SSSR count). The first-order valence-corrected chi connectivity index (χ1v) is 9.50. The lowest BCUT2D eigenvalue weighted by Crippen LogP contribution is -2.60.